The van der Waals surface area contributed by atoms with Gasteiger partial charge in [0.25, 0.3) is 0 Å². The molecule has 1 unspecified atom stereocenters. The van der Waals surface area contributed by atoms with E-state index in [-0.39, 0.29) is 5.82 Å². The summed E-state index contributed by atoms with van der Waals surface area (Å²) in [6.45, 7) is 2.20. The third-order valence-electron chi connectivity index (χ3n) is 3.96. The maximum atomic E-state index is 12.8. The van der Waals surface area contributed by atoms with Crippen molar-refractivity contribution in [2.24, 2.45) is 0 Å². The van der Waals surface area contributed by atoms with Crippen molar-refractivity contribution in [2.75, 3.05) is 12.1 Å². The van der Waals surface area contributed by atoms with Crippen LogP contribution in [0.2, 0.25) is 0 Å². The van der Waals surface area contributed by atoms with Crippen LogP contribution in [0.3, 0.4) is 0 Å². The molecule has 2 aliphatic rings. The van der Waals surface area contributed by atoms with Crippen LogP contribution in [0.1, 0.15) is 6.23 Å². The van der Waals surface area contributed by atoms with Gasteiger partial charge in [-0.1, -0.05) is 6.58 Å². The highest BCUT2D eigenvalue weighted by molar-refractivity contribution is 5.92. The lowest BCUT2D eigenvalue weighted by Gasteiger charge is -2.25. The number of hydrogen-bond acceptors (Lipinski definition) is 11. The van der Waals surface area contributed by atoms with Gasteiger partial charge < -0.3 is 18.9 Å². The Morgan fingerprint density at radius 2 is 1.93 bits per heavy atom. The number of hydrogen-bond donors (Lipinski definition) is 2. The summed E-state index contributed by atoms with van der Waals surface area (Å²) < 4.78 is 34.5. The summed E-state index contributed by atoms with van der Waals surface area (Å²) in [5.74, 6) is -4.68. The zero-order valence-electron chi connectivity index (χ0n) is 14.5. The number of fused-ring (bicyclic) bond motifs is 1. The minimum absolute atomic E-state index is 0.156. The van der Waals surface area contributed by atoms with E-state index >= 15 is 0 Å². The van der Waals surface area contributed by atoms with Crippen molar-refractivity contribution in [3.05, 3.63) is 47.3 Å². The van der Waals surface area contributed by atoms with Gasteiger partial charge in [-0.05, 0) is 6.07 Å². The number of carbonyl (C=O) groups excluding carboxylic acids is 3. The Labute approximate surface area is 161 Å². The first kappa shape index (κ1) is 20.2. The first-order valence-electron chi connectivity index (χ1n) is 8.05. The number of nitrogens with zero attached hydrogens (tertiary/aromatic N) is 2. The molecule has 0 aromatic carbocycles. The van der Waals surface area contributed by atoms with Crippen molar-refractivity contribution < 1.29 is 42.9 Å². The number of halogens is 1. The molecule has 0 aliphatic carbocycles. The quantitative estimate of drug-likeness (QED) is 0.275. The van der Waals surface area contributed by atoms with Gasteiger partial charge in [-0.3, -0.25) is 15.3 Å². The van der Waals surface area contributed by atoms with Crippen LogP contribution in [0.5, 0.6) is 0 Å². The van der Waals surface area contributed by atoms with Crippen LogP contribution >= 0.6 is 0 Å². The largest absolute Gasteiger partial charge is 0.458 e. The lowest BCUT2D eigenvalue weighted by Crippen LogP contribution is -2.43. The summed E-state index contributed by atoms with van der Waals surface area (Å²) in [5, 5.41) is 8.83. The Morgan fingerprint density at radius 1 is 1.28 bits per heavy atom. The van der Waals surface area contributed by atoms with Crippen molar-refractivity contribution in [1.29, 1.82) is 0 Å². The van der Waals surface area contributed by atoms with Gasteiger partial charge in [-0.25, -0.2) is 19.2 Å². The van der Waals surface area contributed by atoms with Crippen LogP contribution < -0.4 is 11.2 Å². The second-order valence-electron chi connectivity index (χ2n) is 5.82. The minimum Gasteiger partial charge on any atom is -0.458 e. The fourth-order valence-corrected chi connectivity index (χ4v) is 2.72. The van der Waals surface area contributed by atoms with Gasteiger partial charge in [0.2, 0.25) is 5.83 Å². The van der Waals surface area contributed by atoms with Gasteiger partial charge in [0, 0.05) is 18.3 Å². The number of nitrogens with one attached hydrogen (secondary N) is 1. The number of anilines is 1. The van der Waals surface area contributed by atoms with E-state index in [0.717, 1.165) is 16.7 Å². The van der Waals surface area contributed by atoms with E-state index in [4.69, 9.17) is 19.4 Å². The molecular formula is C16H14FN3O9. The highest BCUT2D eigenvalue weighted by Gasteiger charge is 2.51. The Balaban J connectivity index is 1.94. The zero-order valence-corrected chi connectivity index (χ0v) is 14.5. The van der Waals surface area contributed by atoms with Crippen molar-refractivity contribution in [1.82, 2.24) is 9.55 Å². The summed E-state index contributed by atoms with van der Waals surface area (Å²) in [7, 11) is 0. The molecular weight excluding hydrogens is 397 g/mol. The molecule has 1 aromatic heterocycles. The van der Waals surface area contributed by atoms with Gasteiger partial charge in [0.05, 0.1) is 0 Å². The highest BCUT2D eigenvalue weighted by atomic mass is 19.1. The standard InChI is InChI=1S/C16H14FN3O9/c1-7(17)15(23)26-6-8-12-13(29-11(22)3-2-10(21)28-12)14(27-8)20-5-4-9(19-25)18-16(20)24/h2-5,8,12-14,25H,1,6H2,(H,18,19,24)/b3-2-/t8-,12?,13-,14-/m1/s1. The van der Waals surface area contributed by atoms with E-state index in [1.165, 1.54) is 12.3 Å². The van der Waals surface area contributed by atoms with Crippen LogP contribution in [-0.2, 0) is 33.3 Å². The predicted octanol–water partition coefficient (Wildman–Crippen LogP) is -0.638. The number of aromatic nitrogens is 2. The molecule has 13 heteroatoms. The van der Waals surface area contributed by atoms with Crippen molar-refractivity contribution >= 4 is 23.7 Å². The molecule has 3 rings (SSSR count). The Morgan fingerprint density at radius 3 is 2.52 bits per heavy atom. The van der Waals surface area contributed by atoms with Crippen LogP contribution in [-0.4, -0.2) is 57.6 Å². The number of carbonyl (C=O) groups is 3. The number of ether oxygens (including phenoxy) is 4. The number of rotatable bonds is 5. The molecule has 3 heterocycles. The summed E-state index contributed by atoms with van der Waals surface area (Å²) in [6.07, 6.45) is -2.31. The minimum atomic E-state index is -1.36. The molecule has 154 valence electrons. The van der Waals surface area contributed by atoms with Crippen molar-refractivity contribution in [2.45, 2.75) is 24.5 Å². The fraction of sp³-hybridized carbons (Fsp3) is 0.312. The topological polar surface area (TPSA) is 155 Å². The third-order valence-corrected chi connectivity index (χ3v) is 3.96. The Kier molecular flexibility index (Phi) is 5.70. The van der Waals surface area contributed by atoms with E-state index in [9.17, 15) is 23.6 Å². The molecule has 0 spiro atoms. The molecule has 2 N–H and O–H groups in total. The van der Waals surface area contributed by atoms with Gasteiger partial charge in [-0.2, -0.15) is 9.37 Å². The Bertz CT molecular complexity index is 944. The van der Waals surface area contributed by atoms with Crippen LogP contribution in [0.4, 0.5) is 10.2 Å². The molecule has 1 saturated heterocycles. The van der Waals surface area contributed by atoms with Gasteiger partial charge in [0.15, 0.2) is 24.3 Å². The highest BCUT2D eigenvalue weighted by Crippen LogP contribution is 2.34. The fourth-order valence-electron chi connectivity index (χ4n) is 2.72. The average Bonchev–Trinajstić information content (AvgIpc) is 2.99. The molecule has 0 radical (unpaired) electrons. The molecule has 12 nitrogen and oxygen atoms in total. The first-order chi connectivity index (χ1) is 13.8. The monoisotopic (exact) mass is 411 g/mol. The smallest absolute Gasteiger partial charge is 0.366 e. The van der Waals surface area contributed by atoms with Crippen LogP contribution in [0.15, 0.2) is 41.6 Å². The molecule has 4 atom stereocenters. The van der Waals surface area contributed by atoms with Gasteiger partial charge in [0.1, 0.15) is 12.7 Å². The first-order valence-corrected chi connectivity index (χ1v) is 8.05. The normalized spacial score (nSPS) is 27.0. The average molecular weight is 411 g/mol. The molecule has 1 aromatic rings. The molecule has 29 heavy (non-hydrogen) atoms. The molecule has 0 saturated carbocycles. The lowest BCUT2D eigenvalue weighted by molar-refractivity contribution is -0.165. The molecule has 0 amide bonds. The summed E-state index contributed by atoms with van der Waals surface area (Å²) in [5.41, 5.74) is 0.794. The van der Waals surface area contributed by atoms with Crippen molar-refractivity contribution in [3.8, 4) is 0 Å². The lowest BCUT2D eigenvalue weighted by atomic mass is 10.1. The predicted molar refractivity (Wildman–Crippen MR) is 87.9 cm³/mol. The van der Waals surface area contributed by atoms with E-state index in [2.05, 4.69) is 16.3 Å². The summed E-state index contributed by atoms with van der Waals surface area (Å²) in [4.78, 5) is 50.8. The molecule has 2 aliphatic heterocycles. The molecule has 1 fully saturated rings. The Hall–Kier alpha value is -3.58. The van der Waals surface area contributed by atoms with E-state index in [1.54, 1.807) is 5.48 Å². The van der Waals surface area contributed by atoms with Gasteiger partial charge >= 0.3 is 23.6 Å². The summed E-state index contributed by atoms with van der Waals surface area (Å²) in [6, 6.07) is 1.22. The second-order valence-corrected chi connectivity index (χ2v) is 5.82. The summed E-state index contributed by atoms with van der Waals surface area (Å²) >= 11 is 0. The van der Waals surface area contributed by atoms with Crippen LogP contribution in [0, 0.1) is 0 Å². The number of esters is 3. The maximum absolute atomic E-state index is 12.8. The maximum Gasteiger partial charge on any atom is 0.366 e. The second kappa shape index (κ2) is 8.20. The van der Waals surface area contributed by atoms with E-state index < -0.39 is 60.6 Å². The van der Waals surface area contributed by atoms with E-state index in [1.807, 2.05) is 0 Å². The molecule has 0 bridgehead atoms. The zero-order chi connectivity index (χ0) is 21.1. The third kappa shape index (κ3) is 4.30. The van der Waals surface area contributed by atoms with Gasteiger partial charge in [-0.15, -0.1) is 0 Å². The van der Waals surface area contributed by atoms with Crippen LogP contribution in [0.25, 0.3) is 0 Å². The SMILES string of the molecule is C=C(F)C(=O)OC[C@H]1O[C@@H](n2ccc(NO)nc2=O)[C@@H]2OC(=O)/C=C\C(=O)OC21. The van der Waals surface area contributed by atoms with E-state index in [0.29, 0.717) is 0 Å². The van der Waals surface area contributed by atoms with Crippen molar-refractivity contribution in [3.63, 3.8) is 0 Å².